The number of hydrogen-bond donors (Lipinski definition) is 0. The fourth-order valence-corrected chi connectivity index (χ4v) is 3.35. The van der Waals surface area contributed by atoms with Gasteiger partial charge in [-0.25, -0.2) is 0 Å². The topological polar surface area (TPSA) is 25.2 Å². The second kappa shape index (κ2) is 3.24. The zero-order valence-corrected chi connectivity index (χ0v) is 11.7. The first kappa shape index (κ1) is 10.6. The molecule has 3 nitrogen and oxygen atoms in total. The molecule has 2 aliphatic rings. The molecule has 3 rings (SSSR count). The predicted molar refractivity (Wildman–Crippen MR) is 70.7 cm³/mol. The van der Waals surface area contributed by atoms with Crippen molar-refractivity contribution in [1.29, 1.82) is 0 Å². The molecule has 1 aliphatic heterocycles. The highest BCUT2D eigenvalue weighted by Gasteiger charge is 2.35. The number of hydrogen-bond acceptors (Lipinski definition) is 1. The van der Waals surface area contributed by atoms with Gasteiger partial charge in [-0.3, -0.25) is 7.91 Å². The smallest absolute Gasteiger partial charge is 0.279 e. The Balaban J connectivity index is 2.08. The van der Waals surface area contributed by atoms with Gasteiger partial charge in [0.1, 0.15) is 5.69 Å². The summed E-state index contributed by atoms with van der Waals surface area (Å²) in [7, 11) is 0. The van der Waals surface area contributed by atoms with Crippen LogP contribution in [0, 0.1) is 5.41 Å². The Bertz CT molecular complexity index is 476. The summed E-state index contributed by atoms with van der Waals surface area (Å²) in [6, 6.07) is 2.11. The lowest BCUT2D eigenvalue weighted by Gasteiger charge is -2.25. The number of aromatic nitrogens is 1. The predicted octanol–water partition coefficient (Wildman–Crippen LogP) is 2.42. The second-order valence-electron chi connectivity index (χ2n) is 5.56. The summed E-state index contributed by atoms with van der Waals surface area (Å²) >= 11 is 2.11. The fraction of sp³-hybridized carbons (Fsp3) is 0.583. The molecule has 0 saturated carbocycles. The fourth-order valence-electron chi connectivity index (χ4n) is 2.88. The van der Waals surface area contributed by atoms with Crippen LogP contribution < -0.4 is 0 Å². The van der Waals surface area contributed by atoms with Crippen LogP contribution in [0.1, 0.15) is 35.6 Å². The Morgan fingerprint density at radius 2 is 2.06 bits per heavy atom. The van der Waals surface area contributed by atoms with Gasteiger partial charge in [-0.05, 0) is 29.9 Å². The first-order valence-electron chi connectivity index (χ1n) is 5.67. The van der Waals surface area contributed by atoms with Crippen LogP contribution in [0.5, 0.6) is 0 Å². The third-order valence-corrected chi connectivity index (χ3v) is 4.49. The summed E-state index contributed by atoms with van der Waals surface area (Å²) in [6.45, 7) is 6.38. The molecular weight excluding hydrogens is 315 g/mol. The summed E-state index contributed by atoms with van der Waals surface area (Å²) in [5, 5.41) is 0. The molecule has 86 valence electrons. The number of rotatable bonds is 0. The zero-order valence-electron chi connectivity index (χ0n) is 9.59. The number of fused-ring (bicyclic) bond motifs is 3. The highest BCUT2D eigenvalue weighted by atomic mass is 127. The number of carbonyl (C=O) groups is 1. The molecule has 1 aliphatic carbocycles. The second-order valence-corrected chi connectivity index (χ2v) is 6.73. The van der Waals surface area contributed by atoms with Crippen molar-refractivity contribution in [3.63, 3.8) is 0 Å². The highest BCUT2D eigenvalue weighted by molar-refractivity contribution is 14.1. The van der Waals surface area contributed by atoms with Crippen molar-refractivity contribution < 1.29 is 4.79 Å². The Hall–Kier alpha value is -0.520. The summed E-state index contributed by atoms with van der Waals surface area (Å²) < 4.78 is 4.02. The van der Waals surface area contributed by atoms with Gasteiger partial charge in [0, 0.05) is 18.8 Å². The van der Waals surface area contributed by atoms with Gasteiger partial charge < -0.3 is 4.57 Å². The minimum Gasteiger partial charge on any atom is -0.339 e. The van der Waals surface area contributed by atoms with Gasteiger partial charge in [0.05, 0.1) is 22.9 Å². The number of amides is 1. The molecule has 0 bridgehead atoms. The van der Waals surface area contributed by atoms with E-state index < -0.39 is 0 Å². The summed E-state index contributed by atoms with van der Waals surface area (Å²) in [5.41, 5.74) is 4.05. The minimum atomic E-state index is 0.166. The molecule has 0 atom stereocenters. The van der Waals surface area contributed by atoms with E-state index in [0.717, 1.165) is 31.6 Å². The first-order valence-corrected chi connectivity index (χ1v) is 6.63. The van der Waals surface area contributed by atoms with Gasteiger partial charge in [0.15, 0.2) is 0 Å². The molecule has 0 spiro atoms. The van der Waals surface area contributed by atoms with Gasteiger partial charge >= 0.3 is 0 Å². The van der Waals surface area contributed by atoms with Crippen molar-refractivity contribution in [3.8, 4) is 0 Å². The Labute approximate surface area is 109 Å². The van der Waals surface area contributed by atoms with Crippen LogP contribution >= 0.6 is 22.9 Å². The molecule has 16 heavy (non-hydrogen) atoms. The average molecular weight is 330 g/mol. The zero-order chi connectivity index (χ0) is 11.5. The van der Waals surface area contributed by atoms with Crippen LogP contribution in [0.3, 0.4) is 0 Å². The molecule has 0 N–H and O–H groups in total. The number of halogens is 1. The third kappa shape index (κ3) is 1.42. The molecule has 0 aromatic carbocycles. The number of nitrogens with zero attached hydrogens (tertiary/aromatic N) is 2. The normalized spacial score (nSPS) is 22.2. The largest absolute Gasteiger partial charge is 0.339 e. The van der Waals surface area contributed by atoms with Gasteiger partial charge in [-0.1, -0.05) is 13.8 Å². The quantitative estimate of drug-likeness (QED) is 0.530. The maximum Gasteiger partial charge on any atom is 0.279 e. The molecular formula is C12H15IN2O. The third-order valence-electron chi connectivity index (χ3n) is 3.57. The average Bonchev–Trinajstić information content (AvgIpc) is 2.64. The maximum absolute atomic E-state index is 12.0. The van der Waals surface area contributed by atoms with E-state index in [1.165, 1.54) is 11.3 Å². The van der Waals surface area contributed by atoms with Crippen LogP contribution in [-0.4, -0.2) is 20.1 Å². The molecule has 1 aromatic heterocycles. The van der Waals surface area contributed by atoms with E-state index in [2.05, 4.69) is 47.3 Å². The van der Waals surface area contributed by atoms with E-state index in [-0.39, 0.29) is 5.91 Å². The Morgan fingerprint density at radius 1 is 1.31 bits per heavy atom. The molecule has 0 unspecified atom stereocenters. The van der Waals surface area contributed by atoms with Crippen molar-refractivity contribution in [3.05, 3.63) is 23.0 Å². The van der Waals surface area contributed by atoms with E-state index >= 15 is 0 Å². The van der Waals surface area contributed by atoms with Crippen molar-refractivity contribution >= 4 is 28.8 Å². The van der Waals surface area contributed by atoms with Crippen molar-refractivity contribution in [2.24, 2.45) is 5.41 Å². The summed E-state index contributed by atoms with van der Waals surface area (Å²) in [4.78, 5) is 12.0. The van der Waals surface area contributed by atoms with E-state index in [1.54, 1.807) is 3.11 Å². The lowest BCUT2D eigenvalue weighted by atomic mass is 9.90. The molecule has 1 amide bonds. The Morgan fingerprint density at radius 3 is 2.81 bits per heavy atom. The van der Waals surface area contributed by atoms with Crippen LogP contribution in [0.2, 0.25) is 0 Å². The summed E-state index contributed by atoms with van der Waals surface area (Å²) in [5.74, 6) is 0.166. The van der Waals surface area contributed by atoms with Crippen molar-refractivity contribution in [2.45, 2.75) is 33.2 Å². The minimum absolute atomic E-state index is 0.166. The van der Waals surface area contributed by atoms with Gasteiger partial charge in [-0.15, -0.1) is 0 Å². The lowest BCUT2D eigenvalue weighted by molar-refractivity contribution is 0.0853. The molecule has 1 aromatic rings. The Kier molecular flexibility index (Phi) is 2.15. The van der Waals surface area contributed by atoms with Crippen LogP contribution in [0.4, 0.5) is 0 Å². The van der Waals surface area contributed by atoms with Crippen molar-refractivity contribution in [1.82, 2.24) is 7.68 Å². The maximum atomic E-state index is 12.0. The van der Waals surface area contributed by atoms with Gasteiger partial charge in [0.2, 0.25) is 0 Å². The van der Waals surface area contributed by atoms with Crippen LogP contribution in [0.25, 0.3) is 0 Å². The number of carbonyl (C=O) groups excluding carboxylic acids is 1. The molecule has 2 heterocycles. The highest BCUT2D eigenvalue weighted by Crippen LogP contribution is 2.39. The first-order chi connectivity index (χ1) is 7.48. The molecule has 4 heteroatoms. The van der Waals surface area contributed by atoms with Gasteiger partial charge in [0.25, 0.3) is 5.91 Å². The molecule has 0 saturated heterocycles. The van der Waals surface area contributed by atoms with E-state index in [0.29, 0.717) is 5.41 Å². The van der Waals surface area contributed by atoms with Crippen LogP contribution in [-0.2, 0) is 19.4 Å². The van der Waals surface area contributed by atoms with E-state index in [1.807, 2.05) is 0 Å². The summed E-state index contributed by atoms with van der Waals surface area (Å²) in [6.07, 6.45) is 2.22. The van der Waals surface area contributed by atoms with Crippen molar-refractivity contribution in [2.75, 3.05) is 6.54 Å². The van der Waals surface area contributed by atoms with Crippen LogP contribution in [0.15, 0.2) is 6.07 Å². The monoisotopic (exact) mass is 330 g/mol. The SMILES string of the molecule is CC1(C)Cc2cc3n(c2C1)CCN(I)C3=O. The lowest BCUT2D eigenvalue weighted by Crippen LogP contribution is -2.33. The standard InChI is InChI=1S/C12H15IN2O/c1-12(2)6-8-5-9-11(16)15(13)4-3-14(9)10(8)7-12/h5H,3-4,6-7H2,1-2H3. The van der Waals surface area contributed by atoms with E-state index in [9.17, 15) is 4.79 Å². The van der Waals surface area contributed by atoms with Gasteiger partial charge in [-0.2, -0.15) is 0 Å². The van der Waals surface area contributed by atoms with E-state index in [4.69, 9.17) is 0 Å². The molecule has 0 radical (unpaired) electrons. The molecule has 0 fully saturated rings.